The summed E-state index contributed by atoms with van der Waals surface area (Å²) in [5, 5.41) is 14.9. The first-order chi connectivity index (χ1) is 13.3. The summed E-state index contributed by atoms with van der Waals surface area (Å²) in [5.41, 5.74) is 2.92. The van der Waals surface area contributed by atoms with E-state index in [1.165, 1.54) is 17.7 Å². The maximum atomic E-state index is 12.3. The third kappa shape index (κ3) is 7.06. The number of carbonyl (C=O) groups is 2. The van der Waals surface area contributed by atoms with Gasteiger partial charge in [0.1, 0.15) is 5.75 Å². The van der Waals surface area contributed by atoms with Crippen molar-refractivity contribution in [1.82, 2.24) is 5.32 Å². The van der Waals surface area contributed by atoms with Crippen molar-refractivity contribution in [2.24, 2.45) is 5.92 Å². The lowest BCUT2D eigenvalue weighted by atomic mass is 9.96. The van der Waals surface area contributed by atoms with Crippen LogP contribution in [0.25, 0.3) is 0 Å². The highest BCUT2D eigenvalue weighted by Gasteiger charge is 2.15. The summed E-state index contributed by atoms with van der Waals surface area (Å²) in [7, 11) is 0. The van der Waals surface area contributed by atoms with E-state index in [1.54, 1.807) is 12.1 Å². The zero-order valence-electron chi connectivity index (χ0n) is 16.9. The van der Waals surface area contributed by atoms with Crippen LogP contribution in [0.1, 0.15) is 50.7 Å². The molecule has 28 heavy (non-hydrogen) atoms. The quantitative estimate of drug-likeness (QED) is 0.449. The summed E-state index contributed by atoms with van der Waals surface area (Å²) in [4.78, 5) is 24.3. The maximum absolute atomic E-state index is 12.3. The van der Waals surface area contributed by atoms with E-state index in [0.29, 0.717) is 31.0 Å². The molecule has 0 aliphatic carbocycles. The first-order valence-electron chi connectivity index (χ1n) is 9.80. The lowest BCUT2D eigenvalue weighted by Crippen LogP contribution is -2.29. The lowest BCUT2D eigenvalue weighted by Gasteiger charge is -2.14. The molecule has 3 N–H and O–H groups in total. The van der Waals surface area contributed by atoms with Crippen LogP contribution in [0.4, 0.5) is 5.69 Å². The van der Waals surface area contributed by atoms with Crippen LogP contribution in [0.15, 0.2) is 48.5 Å². The van der Waals surface area contributed by atoms with Gasteiger partial charge >= 0.3 is 0 Å². The van der Waals surface area contributed by atoms with Crippen molar-refractivity contribution in [3.8, 4) is 5.75 Å². The van der Waals surface area contributed by atoms with Crippen molar-refractivity contribution in [2.75, 3.05) is 11.9 Å². The van der Waals surface area contributed by atoms with Gasteiger partial charge in [-0.3, -0.25) is 9.59 Å². The number of benzene rings is 2. The number of amides is 2. The van der Waals surface area contributed by atoms with E-state index in [1.807, 2.05) is 19.1 Å². The normalized spacial score (nSPS) is 11.9. The number of carbonyl (C=O) groups excluding carboxylic acids is 2. The molecule has 2 amide bonds. The number of anilines is 1. The Morgan fingerprint density at radius 2 is 1.61 bits per heavy atom. The molecule has 0 radical (unpaired) electrons. The van der Waals surface area contributed by atoms with Crippen molar-refractivity contribution < 1.29 is 14.7 Å². The highest BCUT2D eigenvalue weighted by molar-refractivity contribution is 5.90. The minimum absolute atomic E-state index is 0.0319. The number of hydrogen-bond acceptors (Lipinski definition) is 3. The van der Waals surface area contributed by atoms with E-state index in [4.69, 9.17) is 0 Å². The fourth-order valence-electron chi connectivity index (χ4n) is 2.95. The second-order valence-electron chi connectivity index (χ2n) is 7.55. The highest BCUT2D eigenvalue weighted by Crippen LogP contribution is 2.18. The molecule has 2 aromatic rings. The Labute approximate surface area is 167 Å². The van der Waals surface area contributed by atoms with E-state index in [2.05, 4.69) is 36.6 Å². The van der Waals surface area contributed by atoms with Crippen molar-refractivity contribution in [2.45, 2.75) is 46.0 Å². The van der Waals surface area contributed by atoms with Crippen LogP contribution in [0.3, 0.4) is 0 Å². The Kier molecular flexibility index (Phi) is 8.05. The molecule has 1 atom stereocenters. The highest BCUT2D eigenvalue weighted by atomic mass is 16.3. The summed E-state index contributed by atoms with van der Waals surface area (Å²) in [6, 6.07) is 14.5. The minimum atomic E-state index is -0.223. The Hall–Kier alpha value is -2.82. The van der Waals surface area contributed by atoms with Crippen LogP contribution in [0.5, 0.6) is 5.75 Å². The van der Waals surface area contributed by atoms with Gasteiger partial charge in [0.25, 0.3) is 0 Å². The molecular weight excluding hydrogens is 352 g/mol. The Morgan fingerprint density at radius 3 is 2.21 bits per heavy atom. The topological polar surface area (TPSA) is 78.4 Å². The van der Waals surface area contributed by atoms with E-state index in [0.717, 1.165) is 12.0 Å². The van der Waals surface area contributed by atoms with E-state index in [-0.39, 0.29) is 23.5 Å². The van der Waals surface area contributed by atoms with Crippen LogP contribution < -0.4 is 10.6 Å². The summed E-state index contributed by atoms with van der Waals surface area (Å²) in [6.07, 6.45) is 1.92. The Balaban J connectivity index is 1.71. The van der Waals surface area contributed by atoms with E-state index < -0.39 is 0 Å². The second kappa shape index (κ2) is 10.5. The number of phenols is 1. The van der Waals surface area contributed by atoms with E-state index >= 15 is 0 Å². The smallest absolute Gasteiger partial charge is 0.227 e. The summed E-state index contributed by atoms with van der Waals surface area (Å²) < 4.78 is 0. The fourth-order valence-corrected chi connectivity index (χ4v) is 2.95. The van der Waals surface area contributed by atoms with Crippen LogP contribution >= 0.6 is 0 Å². The molecular formula is C23H30N2O3. The Morgan fingerprint density at radius 1 is 0.964 bits per heavy atom. The third-order valence-electron chi connectivity index (χ3n) is 4.55. The molecule has 0 saturated heterocycles. The van der Waals surface area contributed by atoms with Gasteiger partial charge in [0, 0.05) is 18.7 Å². The minimum Gasteiger partial charge on any atom is -0.508 e. The summed E-state index contributed by atoms with van der Waals surface area (Å²) >= 11 is 0. The van der Waals surface area contributed by atoms with Crippen molar-refractivity contribution in [1.29, 1.82) is 0 Å². The van der Waals surface area contributed by atoms with E-state index in [9.17, 15) is 14.7 Å². The van der Waals surface area contributed by atoms with Gasteiger partial charge in [0.15, 0.2) is 0 Å². The molecule has 0 aliphatic rings. The molecule has 5 nitrogen and oxygen atoms in total. The molecule has 0 heterocycles. The van der Waals surface area contributed by atoms with Crippen molar-refractivity contribution in [3.05, 3.63) is 59.7 Å². The van der Waals surface area contributed by atoms with Crippen LogP contribution in [-0.4, -0.2) is 23.5 Å². The number of aromatic hydroxyl groups is 1. The predicted molar refractivity (Wildman–Crippen MR) is 112 cm³/mol. The molecule has 0 fully saturated rings. The number of hydrogen-bond donors (Lipinski definition) is 3. The average molecular weight is 383 g/mol. The predicted octanol–water partition coefficient (Wildman–Crippen LogP) is 4.23. The molecule has 2 rings (SSSR count). The van der Waals surface area contributed by atoms with Gasteiger partial charge in [-0.1, -0.05) is 38.1 Å². The van der Waals surface area contributed by atoms with Gasteiger partial charge < -0.3 is 15.7 Å². The molecule has 5 heteroatoms. The zero-order chi connectivity index (χ0) is 20.5. The number of nitrogens with one attached hydrogen (secondary N) is 2. The summed E-state index contributed by atoms with van der Waals surface area (Å²) in [5.74, 6) is 0.394. The first kappa shape index (κ1) is 21.5. The standard InChI is InChI=1S/C23H30N2O3/c1-16(2)15-18-6-8-19(9-7-18)17(3)23(28)24-14-4-5-22(27)25-20-10-12-21(26)13-11-20/h6-13,16-17,26H,4-5,14-15H2,1-3H3,(H,24,28)(H,25,27). The zero-order valence-corrected chi connectivity index (χ0v) is 16.9. The van der Waals surface area contributed by atoms with Gasteiger partial charge in [-0.25, -0.2) is 0 Å². The number of rotatable bonds is 9. The van der Waals surface area contributed by atoms with Crippen molar-refractivity contribution in [3.63, 3.8) is 0 Å². The van der Waals surface area contributed by atoms with Crippen molar-refractivity contribution >= 4 is 17.5 Å². The van der Waals surface area contributed by atoms with Gasteiger partial charge in [-0.15, -0.1) is 0 Å². The van der Waals surface area contributed by atoms with Gasteiger partial charge in [0.05, 0.1) is 5.92 Å². The SMILES string of the molecule is CC(C)Cc1ccc(C(C)C(=O)NCCCC(=O)Nc2ccc(O)cc2)cc1. The Bertz CT molecular complexity index is 767. The monoisotopic (exact) mass is 382 g/mol. The molecule has 0 aromatic heterocycles. The second-order valence-corrected chi connectivity index (χ2v) is 7.55. The lowest BCUT2D eigenvalue weighted by molar-refractivity contribution is -0.122. The molecule has 2 aromatic carbocycles. The first-order valence-corrected chi connectivity index (χ1v) is 9.80. The molecule has 150 valence electrons. The fraction of sp³-hybridized carbons (Fsp3) is 0.391. The molecule has 1 unspecified atom stereocenters. The molecule has 0 aliphatic heterocycles. The van der Waals surface area contributed by atoms with Gasteiger partial charge in [0.2, 0.25) is 11.8 Å². The molecule has 0 spiro atoms. The van der Waals surface area contributed by atoms with Crippen LogP contribution in [0.2, 0.25) is 0 Å². The maximum Gasteiger partial charge on any atom is 0.227 e. The largest absolute Gasteiger partial charge is 0.508 e. The third-order valence-corrected chi connectivity index (χ3v) is 4.55. The number of phenolic OH excluding ortho intramolecular Hbond substituents is 1. The van der Waals surface area contributed by atoms with Gasteiger partial charge in [-0.2, -0.15) is 0 Å². The molecule has 0 bridgehead atoms. The average Bonchev–Trinajstić information content (AvgIpc) is 2.66. The van der Waals surface area contributed by atoms with Gasteiger partial charge in [-0.05, 0) is 61.1 Å². The molecule has 0 saturated carbocycles. The van der Waals surface area contributed by atoms with Crippen LogP contribution in [0, 0.1) is 5.92 Å². The summed E-state index contributed by atoms with van der Waals surface area (Å²) in [6.45, 7) is 6.73. The van der Waals surface area contributed by atoms with Crippen LogP contribution in [-0.2, 0) is 16.0 Å².